The first-order valence-electron chi connectivity index (χ1n) is 5.73. The molecule has 1 amide bonds. The highest BCUT2D eigenvalue weighted by molar-refractivity contribution is 6.31. The van der Waals surface area contributed by atoms with Gasteiger partial charge in [-0.25, -0.2) is 0 Å². The van der Waals surface area contributed by atoms with Gasteiger partial charge >= 0.3 is 0 Å². The number of nitrogens with one attached hydrogen (secondary N) is 1. The van der Waals surface area contributed by atoms with Crippen LogP contribution in [-0.2, 0) is 11.2 Å². The second-order valence-electron chi connectivity index (χ2n) is 4.04. The Morgan fingerprint density at radius 1 is 1.41 bits per heavy atom. The van der Waals surface area contributed by atoms with Crippen molar-refractivity contribution in [1.82, 2.24) is 5.32 Å². The maximum Gasteiger partial charge on any atom is 0.224 e. The fraction of sp³-hybridized carbons (Fsp3) is 0.462. The average molecular weight is 274 g/mol. The average Bonchev–Trinajstić information content (AvgIpc) is 2.27. The van der Waals surface area contributed by atoms with Crippen molar-refractivity contribution >= 4 is 29.1 Å². The van der Waals surface area contributed by atoms with Crippen molar-refractivity contribution in [1.29, 1.82) is 0 Å². The minimum absolute atomic E-state index is 0.000301. The highest BCUT2D eigenvalue weighted by atomic mass is 35.5. The van der Waals surface area contributed by atoms with Crippen LogP contribution >= 0.6 is 23.2 Å². The summed E-state index contributed by atoms with van der Waals surface area (Å²) in [5, 5.41) is 3.66. The molecule has 17 heavy (non-hydrogen) atoms. The van der Waals surface area contributed by atoms with Gasteiger partial charge in [-0.05, 0) is 31.4 Å². The summed E-state index contributed by atoms with van der Waals surface area (Å²) in [5.41, 5.74) is 0.859. The molecule has 0 aliphatic carbocycles. The van der Waals surface area contributed by atoms with Crippen LogP contribution in [0.25, 0.3) is 0 Å². The van der Waals surface area contributed by atoms with Crippen LogP contribution < -0.4 is 5.32 Å². The summed E-state index contributed by atoms with van der Waals surface area (Å²) in [7, 11) is 0. The Morgan fingerprint density at radius 3 is 2.76 bits per heavy atom. The van der Waals surface area contributed by atoms with E-state index in [0.717, 1.165) is 18.4 Å². The van der Waals surface area contributed by atoms with E-state index >= 15 is 0 Å². The minimum atomic E-state index is 0.000301. The van der Waals surface area contributed by atoms with Crippen LogP contribution in [0, 0.1) is 0 Å². The lowest BCUT2D eigenvalue weighted by Crippen LogP contribution is -2.26. The summed E-state index contributed by atoms with van der Waals surface area (Å²) in [6.07, 6.45) is 2.14. The summed E-state index contributed by atoms with van der Waals surface area (Å²) in [6.45, 7) is 2.62. The second kappa shape index (κ2) is 7.57. The maximum absolute atomic E-state index is 11.6. The van der Waals surface area contributed by atoms with Gasteiger partial charge in [-0.2, -0.15) is 0 Å². The second-order valence-corrected chi connectivity index (χ2v) is 5.19. The van der Waals surface area contributed by atoms with Crippen molar-refractivity contribution in [2.75, 3.05) is 6.54 Å². The molecule has 0 aromatic heterocycles. The quantitative estimate of drug-likeness (QED) is 0.625. The van der Waals surface area contributed by atoms with Gasteiger partial charge in [0.2, 0.25) is 5.91 Å². The molecule has 1 aromatic rings. The Kier molecular flexibility index (Phi) is 6.38. The number of alkyl halides is 1. The zero-order chi connectivity index (χ0) is 12.7. The number of amides is 1. The smallest absolute Gasteiger partial charge is 0.224 e. The summed E-state index contributed by atoms with van der Waals surface area (Å²) in [6, 6.07) is 7.39. The van der Waals surface area contributed by atoms with E-state index < -0.39 is 0 Å². The van der Waals surface area contributed by atoms with E-state index in [0.29, 0.717) is 18.0 Å². The van der Waals surface area contributed by atoms with E-state index in [4.69, 9.17) is 23.2 Å². The number of rotatable bonds is 6. The monoisotopic (exact) mass is 273 g/mol. The van der Waals surface area contributed by atoms with Gasteiger partial charge in [-0.3, -0.25) is 4.79 Å². The number of hydrogen-bond donors (Lipinski definition) is 1. The van der Waals surface area contributed by atoms with E-state index in [1.54, 1.807) is 6.07 Å². The number of hydrogen-bond acceptors (Lipinski definition) is 1. The fourth-order valence-corrected chi connectivity index (χ4v) is 1.85. The molecule has 1 rings (SSSR count). The summed E-state index contributed by atoms with van der Waals surface area (Å²) >= 11 is 11.8. The molecule has 2 nitrogen and oxygen atoms in total. The van der Waals surface area contributed by atoms with Gasteiger partial charge in [0.25, 0.3) is 0 Å². The molecule has 0 saturated carbocycles. The summed E-state index contributed by atoms with van der Waals surface area (Å²) < 4.78 is 0. The van der Waals surface area contributed by atoms with E-state index in [1.165, 1.54) is 0 Å². The maximum atomic E-state index is 11.6. The van der Waals surface area contributed by atoms with Crippen LogP contribution in [0.4, 0.5) is 0 Å². The molecular weight excluding hydrogens is 257 g/mol. The first-order chi connectivity index (χ1) is 8.09. The Morgan fingerprint density at radius 2 is 2.12 bits per heavy atom. The molecular formula is C13H17Cl2NO. The molecule has 0 heterocycles. The molecule has 4 heteroatoms. The number of carbonyl (C=O) groups is 1. The minimum Gasteiger partial charge on any atom is -0.356 e. The van der Waals surface area contributed by atoms with Crippen LogP contribution in [0.2, 0.25) is 5.02 Å². The zero-order valence-corrected chi connectivity index (χ0v) is 11.4. The molecule has 0 saturated heterocycles. The SMILES string of the molecule is CC(Cl)CCCNC(=O)Cc1ccccc1Cl. The van der Waals surface area contributed by atoms with Gasteiger partial charge in [-0.1, -0.05) is 29.8 Å². The van der Waals surface area contributed by atoms with Crippen LogP contribution in [0.3, 0.4) is 0 Å². The molecule has 1 N–H and O–H groups in total. The highest BCUT2D eigenvalue weighted by Crippen LogP contribution is 2.15. The largest absolute Gasteiger partial charge is 0.356 e. The lowest BCUT2D eigenvalue weighted by atomic mass is 10.1. The van der Waals surface area contributed by atoms with E-state index in [-0.39, 0.29) is 11.3 Å². The van der Waals surface area contributed by atoms with Crippen LogP contribution in [0.1, 0.15) is 25.3 Å². The lowest BCUT2D eigenvalue weighted by molar-refractivity contribution is -0.120. The Hall–Kier alpha value is -0.730. The molecule has 0 aliphatic rings. The van der Waals surface area contributed by atoms with Crippen molar-refractivity contribution in [2.24, 2.45) is 0 Å². The van der Waals surface area contributed by atoms with E-state index in [1.807, 2.05) is 25.1 Å². The Balaban J connectivity index is 2.28. The molecule has 0 bridgehead atoms. The van der Waals surface area contributed by atoms with Gasteiger partial charge in [0.05, 0.1) is 6.42 Å². The third kappa shape index (κ3) is 5.94. The van der Waals surface area contributed by atoms with E-state index in [9.17, 15) is 4.79 Å². The topological polar surface area (TPSA) is 29.1 Å². The van der Waals surface area contributed by atoms with Crippen molar-refractivity contribution in [2.45, 2.75) is 31.6 Å². The first-order valence-corrected chi connectivity index (χ1v) is 6.55. The van der Waals surface area contributed by atoms with Crippen molar-refractivity contribution in [3.63, 3.8) is 0 Å². The van der Waals surface area contributed by atoms with Gasteiger partial charge in [0.15, 0.2) is 0 Å². The number of halogens is 2. The predicted octanol–water partition coefficient (Wildman–Crippen LogP) is 3.41. The number of benzene rings is 1. The molecule has 0 radical (unpaired) electrons. The third-order valence-corrected chi connectivity index (χ3v) is 3.00. The van der Waals surface area contributed by atoms with Gasteiger partial charge in [0.1, 0.15) is 0 Å². The van der Waals surface area contributed by atoms with Gasteiger partial charge in [-0.15, -0.1) is 11.6 Å². The third-order valence-electron chi connectivity index (χ3n) is 2.41. The molecule has 1 unspecified atom stereocenters. The normalized spacial score (nSPS) is 12.2. The van der Waals surface area contributed by atoms with Crippen LogP contribution in [0.5, 0.6) is 0 Å². The van der Waals surface area contributed by atoms with Crippen molar-refractivity contribution < 1.29 is 4.79 Å². The predicted molar refractivity (Wildman–Crippen MR) is 72.7 cm³/mol. The van der Waals surface area contributed by atoms with Gasteiger partial charge < -0.3 is 5.32 Å². The zero-order valence-electron chi connectivity index (χ0n) is 9.88. The van der Waals surface area contributed by atoms with Crippen LogP contribution in [-0.4, -0.2) is 17.8 Å². The Labute approximate surface area is 112 Å². The van der Waals surface area contributed by atoms with Crippen molar-refractivity contribution in [3.8, 4) is 0 Å². The van der Waals surface area contributed by atoms with Crippen molar-refractivity contribution in [3.05, 3.63) is 34.9 Å². The molecule has 0 fully saturated rings. The number of carbonyl (C=O) groups excluding carboxylic acids is 1. The molecule has 0 spiro atoms. The summed E-state index contributed by atoms with van der Waals surface area (Å²) in [4.78, 5) is 11.6. The summed E-state index contributed by atoms with van der Waals surface area (Å²) in [5.74, 6) is 0.000301. The standard InChI is InChI=1S/C13H17Cl2NO/c1-10(14)5-4-8-16-13(17)9-11-6-2-3-7-12(11)15/h2-3,6-7,10H,4-5,8-9H2,1H3,(H,16,17). The highest BCUT2D eigenvalue weighted by Gasteiger charge is 2.05. The van der Waals surface area contributed by atoms with E-state index in [2.05, 4.69) is 5.32 Å². The fourth-order valence-electron chi connectivity index (χ4n) is 1.49. The molecule has 1 atom stereocenters. The molecule has 1 aromatic carbocycles. The van der Waals surface area contributed by atoms with Crippen LogP contribution in [0.15, 0.2) is 24.3 Å². The Bertz CT molecular complexity index is 366. The molecule has 94 valence electrons. The molecule has 0 aliphatic heterocycles. The first kappa shape index (κ1) is 14.3. The lowest BCUT2D eigenvalue weighted by Gasteiger charge is -2.07. The van der Waals surface area contributed by atoms with Gasteiger partial charge in [0, 0.05) is 16.9 Å².